The van der Waals surface area contributed by atoms with Crippen LogP contribution >= 0.6 is 11.9 Å². The van der Waals surface area contributed by atoms with Gasteiger partial charge in [-0.3, -0.25) is 10.0 Å². The molecule has 0 atom stereocenters. The highest BCUT2D eigenvalue weighted by atomic mass is 32.2. The first-order valence-electron chi connectivity index (χ1n) is 8.95. The number of carbonyl (C=O) groups excluding carboxylic acids is 1. The van der Waals surface area contributed by atoms with Gasteiger partial charge >= 0.3 is 0 Å². The summed E-state index contributed by atoms with van der Waals surface area (Å²) >= 11 is 1.69. The van der Waals surface area contributed by atoms with Crippen LogP contribution in [0, 0.1) is 0 Å². The molecule has 3 rings (SSSR count). The van der Waals surface area contributed by atoms with E-state index >= 15 is 0 Å². The van der Waals surface area contributed by atoms with E-state index in [2.05, 4.69) is 71.8 Å². The van der Waals surface area contributed by atoms with E-state index in [1.165, 1.54) is 21.6 Å². The number of hydroxylamine groups is 1. The van der Waals surface area contributed by atoms with Crippen LogP contribution in [0.4, 0.5) is 0 Å². The second kappa shape index (κ2) is 9.19. The normalized spacial score (nSPS) is 14.9. The zero-order chi connectivity index (χ0) is 19.2. The molecule has 0 spiro atoms. The summed E-state index contributed by atoms with van der Waals surface area (Å²) in [5.41, 5.74) is 6.07. The number of nitrogens with zero attached hydrogens (tertiary/aromatic N) is 2. The van der Waals surface area contributed by atoms with Crippen LogP contribution in [0.5, 0.6) is 0 Å². The van der Waals surface area contributed by atoms with Gasteiger partial charge in [-0.1, -0.05) is 42.5 Å². The van der Waals surface area contributed by atoms with E-state index in [1.54, 1.807) is 17.4 Å². The van der Waals surface area contributed by atoms with Crippen molar-refractivity contribution in [3.8, 4) is 11.1 Å². The van der Waals surface area contributed by atoms with Crippen LogP contribution in [-0.2, 0) is 11.3 Å². The summed E-state index contributed by atoms with van der Waals surface area (Å²) in [5, 5.41) is 8.70. The monoisotopic (exact) mass is 383 g/mol. The smallest absolute Gasteiger partial charge is 0.270 e. The lowest BCUT2D eigenvalue weighted by molar-refractivity contribution is -0.125. The summed E-state index contributed by atoms with van der Waals surface area (Å²) < 4.78 is 2.21. The molecule has 0 fully saturated rings. The second-order valence-electron chi connectivity index (χ2n) is 6.86. The fourth-order valence-electron chi connectivity index (χ4n) is 3.04. The van der Waals surface area contributed by atoms with Crippen molar-refractivity contribution < 1.29 is 10.0 Å². The van der Waals surface area contributed by atoms with Crippen LogP contribution in [0.3, 0.4) is 0 Å². The largest absolute Gasteiger partial charge is 0.305 e. The van der Waals surface area contributed by atoms with Crippen molar-refractivity contribution in [1.82, 2.24) is 14.7 Å². The average molecular weight is 384 g/mol. The molecule has 2 N–H and O–H groups in total. The summed E-state index contributed by atoms with van der Waals surface area (Å²) in [7, 11) is 4.15. The van der Waals surface area contributed by atoms with E-state index in [9.17, 15) is 4.79 Å². The van der Waals surface area contributed by atoms with Gasteiger partial charge < -0.3 is 4.90 Å². The minimum atomic E-state index is -0.402. The first-order valence-corrected chi connectivity index (χ1v) is 9.73. The zero-order valence-electron chi connectivity index (χ0n) is 15.7. The van der Waals surface area contributed by atoms with Crippen LogP contribution in [0.15, 0.2) is 65.1 Å². The van der Waals surface area contributed by atoms with Gasteiger partial charge in [0.2, 0.25) is 0 Å². The van der Waals surface area contributed by atoms with Crippen molar-refractivity contribution in [1.29, 1.82) is 0 Å². The SMILES string of the molecule is CN(C)Cc1ccc(-c2ccc(SN3CC=C(C(=O)NO)CC3)cc2)cc1. The second-order valence-corrected chi connectivity index (χ2v) is 8.03. The molecule has 0 aromatic heterocycles. The minimum absolute atomic E-state index is 0.402. The van der Waals surface area contributed by atoms with Gasteiger partial charge in [-0.25, -0.2) is 9.79 Å². The predicted molar refractivity (Wildman–Crippen MR) is 109 cm³/mol. The van der Waals surface area contributed by atoms with E-state index < -0.39 is 5.91 Å². The summed E-state index contributed by atoms with van der Waals surface area (Å²) in [6.07, 6.45) is 2.50. The molecule has 0 radical (unpaired) electrons. The number of carbonyl (C=O) groups is 1. The van der Waals surface area contributed by atoms with Gasteiger partial charge in [0, 0.05) is 30.1 Å². The summed E-state index contributed by atoms with van der Waals surface area (Å²) in [6.45, 7) is 2.41. The molecular weight excluding hydrogens is 358 g/mol. The highest BCUT2D eigenvalue weighted by Crippen LogP contribution is 2.28. The van der Waals surface area contributed by atoms with Crippen molar-refractivity contribution in [2.45, 2.75) is 17.9 Å². The standard InChI is InChI=1S/C21H25N3O2S/c1-23(2)15-16-3-5-17(6-4-16)18-7-9-20(10-8-18)27-24-13-11-19(12-14-24)21(25)22-26/h3-11,26H,12-15H2,1-2H3,(H,22,25). The lowest BCUT2D eigenvalue weighted by atomic mass is 10.0. The van der Waals surface area contributed by atoms with Crippen molar-refractivity contribution in [3.05, 3.63) is 65.7 Å². The molecule has 1 aliphatic heterocycles. The number of hydrogen-bond acceptors (Lipinski definition) is 5. The maximum atomic E-state index is 11.4. The Labute approximate surface area is 164 Å². The molecule has 2 aromatic carbocycles. The molecule has 27 heavy (non-hydrogen) atoms. The van der Waals surface area contributed by atoms with E-state index in [1.807, 2.05) is 6.08 Å². The third-order valence-corrected chi connectivity index (χ3v) is 5.51. The molecule has 0 saturated heterocycles. The Morgan fingerprint density at radius 3 is 2.26 bits per heavy atom. The Kier molecular flexibility index (Phi) is 6.68. The average Bonchev–Trinajstić information content (AvgIpc) is 2.69. The Balaban J connectivity index is 1.59. The minimum Gasteiger partial charge on any atom is -0.305 e. The zero-order valence-corrected chi connectivity index (χ0v) is 16.5. The van der Waals surface area contributed by atoms with Gasteiger partial charge in [-0.15, -0.1) is 0 Å². The van der Waals surface area contributed by atoms with E-state index in [4.69, 9.17) is 5.21 Å². The molecule has 1 amide bonds. The molecule has 2 aromatic rings. The number of rotatable bonds is 6. The van der Waals surface area contributed by atoms with E-state index in [0.29, 0.717) is 18.5 Å². The van der Waals surface area contributed by atoms with E-state index in [-0.39, 0.29) is 0 Å². The van der Waals surface area contributed by atoms with Gasteiger partial charge in [0.05, 0.1) is 0 Å². The number of amides is 1. The molecular formula is C21H25N3O2S. The Morgan fingerprint density at radius 2 is 1.74 bits per heavy atom. The fourth-order valence-corrected chi connectivity index (χ4v) is 3.92. The highest BCUT2D eigenvalue weighted by Gasteiger charge is 2.17. The molecule has 0 unspecified atom stereocenters. The van der Waals surface area contributed by atoms with E-state index in [0.717, 1.165) is 13.1 Å². The van der Waals surface area contributed by atoms with Crippen molar-refractivity contribution in [3.63, 3.8) is 0 Å². The Morgan fingerprint density at radius 1 is 1.11 bits per heavy atom. The summed E-state index contributed by atoms with van der Waals surface area (Å²) in [5.74, 6) is -0.402. The van der Waals surface area contributed by atoms with Crippen LogP contribution in [0.1, 0.15) is 12.0 Å². The topological polar surface area (TPSA) is 55.8 Å². The maximum absolute atomic E-state index is 11.4. The first-order chi connectivity index (χ1) is 13.0. The molecule has 0 aliphatic carbocycles. The van der Waals surface area contributed by atoms with Gasteiger partial charge in [0.25, 0.3) is 5.91 Å². The fraction of sp³-hybridized carbons (Fsp3) is 0.286. The highest BCUT2D eigenvalue weighted by molar-refractivity contribution is 7.97. The van der Waals surface area contributed by atoms with Crippen molar-refractivity contribution >= 4 is 17.9 Å². The number of nitrogens with one attached hydrogen (secondary N) is 1. The van der Waals surface area contributed by atoms with Crippen LogP contribution < -0.4 is 5.48 Å². The molecule has 6 heteroatoms. The van der Waals surface area contributed by atoms with Crippen molar-refractivity contribution in [2.75, 3.05) is 27.2 Å². The molecule has 1 heterocycles. The van der Waals surface area contributed by atoms with Gasteiger partial charge in [-0.05, 0) is 61.3 Å². The molecule has 0 saturated carbocycles. The maximum Gasteiger partial charge on any atom is 0.270 e. The van der Waals surface area contributed by atoms with Crippen LogP contribution in [0.2, 0.25) is 0 Å². The molecule has 5 nitrogen and oxygen atoms in total. The third kappa shape index (κ3) is 5.43. The number of hydrogen-bond donors (Lipinski definition) is 2. The molecule has 142 valence electrons. The lowest BCUT2D eigenvalue weighted by Gasteiger charge is -2.24. The van der Waals surface area contributed by atoms with Gasteiger partial charge in [0.1, 0.15) is 0 Å². The summed E-state index contributed by atoms with van der Waals surface area (Å²) in [6, 6.07) is 17.3. The summed E-state index contributed by atoms with van der Waals surface area (Å²) in [4.78, 5) is 14.8. The van der Waals surface area contributed by atoms with Crippen LogP contribution in [-0.4, -0.2) is 47.5 Å². The van der Waals surface area contributed by atoms with Crippen molar-refractivity contribution in [2.24, 2.45) is 0 Å². The predicted octanol–water partition coefficient (Wildman–Crippen LogP) is 3.56. The third-order valence-electron chi connectivity index (χ3n) is 4.44. The molecule has 1 aliphatic rings. The Hall–Kier alpha value is -2.12. The van der Waals surface area contributed by atoms with Gasteiger partial charge in [-0.2, -0.15) is 0 Å². The van der Waals surface area contributed by atoms with Gasteiger partial charge in [0.15, 0.2) is 0 Å². The number of benzene rings is 2. The van der Waals surface area contributed by atoms with Crippen LogP contribution in [0.25, 0.3) is 11.1 Å². The molecule has 0 bridgehead atoms. The Bertz CT molecular complexity index is 801. The lowest BCUT2D eigenvalue weighted by Crippen LogP contribution is -2.29. The quantitative estimate of drug-likeness (QED) is 0.454. The first kappa shape index (κ1) is 19.6.